The molecule has 0 bridgehead atoms. The van der Waals surface area contributed by atoms with Gasteiger partial charge in [0.15, 0.2) is 0 Å². The monoisotopic (exact) mass is 239 g/mol. The van der Waals surface area contributed by atoms with E-state index in [4.69, 9.17) is 5.11 Å². The lowest BCUT2D eigenvalue weighted by molar-refractivity contribution is -0.141. The summed E-state index contributed by atoms with van der Waals surface area (Å²) in [4.78, 5) is 36.6. The highest BCUT2D eigenvalue weighted by Crippen LogP contribution is 1.91. The summed E-state index contributed by atoms with van der Waals surface area (Å²) in [6, 6.07) is 1.54. The highest BCUT2D eigenvalue weighted by atomic mass is 16.4. The number of carbonyl (C=O) groups excluding carboxylic acids is 1. The highest BCUT2D eigenvalue weighted by Gasteiger charge is 2.12. The molecular weight excluding hydrogens is 226 g/mol. The third kappa shape index (κ3) is 4.06. The molecular formula is C10H13N3O4. The van der Waals surface area contributed by atoms with Crippen LogP contribution in [0.25, 0.3) is 0 Å². The van der Waals surface area contributed by atoms with E-state index in [9.17, 15) is 14.4 Å². The van der Waals surface area contributed by atoms with E-state index >= 15 is 0 Å². The zero-order valence-corrected chi connectivity index (χ0v) is 9.29. The van der Waals surface area contributed by atoms with E-state index in [2.05, 4.69) is 10.3 Å². The summed E-state index contributed by atoms with van der Waals surface area (Å²) in [5.41, 5.74) is -0.520. The van der Waals surface area contributed by atoms with Crippen LogP contribution in [0.5, 0.6) is 0 Å². The zero-order valence-electron chi connectivity index (χ0n) is 9.29. The second kappa shape index (κ2) is 5.78. The van der Waals surface area contributed by atoms with Gasteiger partial charge in [-0.3, -0.25) is 14.2 Å². The van der Waals surface area contributed by atoms with E-state index in [0.717, 1.165) is 4.57 Å². The van der Waals surface area contributed by atoms with Crippen LogP contribution in [0.15, 0.2) is 23.3 Å². The highest BCUT2D eigenvalue weighted by molar-refractivity contribution is 5.77. The Labute approximate surface area is 97.1 Å². The first-order chi connectivity index (χ1) is 8.00. The Hall–Kier alpha value is -2.18. The van der Waals surface area contributed by atoms with Crippen LogP contribution in [-0.2, 0) is 16.1 Å². The maximum absolute atomic E-state index is 11.4. The molecule has 1 unspecified atom stereocenters. The van der Waals surface area contributed by atoms with Gasteiger partial charge in [0.05, 0.1) is 5.92 Å². The van der Waals surface area contributed by atoms with Gasteiger partial charge in [-0.2, -0.15) is 0 Å². The number of rotatable bonds is 5. The lowest BCUT2D eigenvalue weighted by Gasteiger charge is -2.09. The Balaban J connectivity index is 2.48. The number of aromatic nitrogens is 2. The van der Waals surface area contributed by atoms with Crippen molar-refractivity contribution in [2.45, 2.75) is 13.5 Å². The quantitative estimate of drug-likeness (QED) is 0.692. The van der Waals surface area contributed by atoms with E-state index in [1.165, 1.54) is 25.4 Å². The first-order valence-electron chi connectivity index (χ1n) is 5.01. The molecule has 17 heavy (non-hydrogen) atoms. The second-order valence-corrected chi connectivity index (χ2v) is 3.57. The van der Waals surface area contributed by atoms with Crippen molar-refractivity contribution in [2.75, 3.05) is 6.54 Å². The van der Waals surface area contributed by atoms with E-state index in [-0.39, 0.29) is 13.1 Å². The third-order valence-corrected chi connectivity index (χ3v) is 2.12. The molecule has 1 aromatic heterocycles. The number of carboxylic acid groups (broad SMARTS) is 1. The van der Waals surface area contributed by atoms with E-state index in [1.54, 1.807) is 0 Å². The molecule has 7 heteroatoms. The fourth-order valence-electron chi connectivity index (χ4n) is 1.07. The van der Waals surface area contributed by atoms with Crippen LogP contribution in [0, 0.1) is 5.92 Å². The minimum Gasteiger partial charge on any atom is -0.481 e. The van der Waals surface area contributed by atoms with Gasteiger partial charge in [-0.1, -0.05) is 6.92 Å². The number of nitrogens with zero attached hydrogens (tertiary/aromatic N) is 2. The summed E-state index contributed by atoms with van der Waals surface area (Å²) in [5, 5.41) is 11.0. The van der Waals surface area contributed by atoms with Gasteiger partial charge in [0.1, 0.15) is 6.54 Å². The van der Waals surface area contributed by atoms with Crippen molar-refractivity contribution in [1.29, 1.82) is 0 Å². The van der Waals surface area contributed by atoms with Crippen LogP contribution in [0.3, 0.4) is 0 Å². The van der Waals surface area contributed by atoms with Crippen LogP contribution < -0.4 is 11.0 Å². The third-order valence-electron chi connectivity index (χ3n) is 2.12. The van der Waals surface area contributed by atoms with Crippen LogP contribution in [0.4, 0.5) is 0 Å². The largest absolute Gasteiger partial charge is 0.481 e. The van der Waals surface area contributed by atoms with Gasteiger partial charge in [0, 0.05) is 18.9 Å². The van der Waals surface area contributed by atoms with Crippen LogP contribution in [0.2, 0.25) is 0 Å². The summed E-state index contributed by atoms with van der Waals surface area (Å²) < 4.78 is 1.14. The maximum Gasteiger partial charge on any atom is 0.347 e. The van der Waals surface area contributed by atoms with Gasteiger partial charge >= 0.3 is 11.7 Å². The molecule has 0 aliphatic rings. The Morgan fingerprint density at radius 2 is 2.29 bits per heavy atom. The standard InChI is InChI=1S/C10H13N3O4/c1-7(9(15)16)5-12-8(14)6-13-4-2-3-11-10(13)17/h2-4,7H,5-6H2,1H3,(H,12,14)(H,15,16). The summed E-state index contributed by atoms with van der Waals surface area (Å²) in [6.45, 7) is 1.35. The van der Waals surface area contributed by atoms with Crippen molar-refractivity contribution in [2.24, 2.45) is 5.92 Å². The normalized spacial score (nSPS) is 11.8. The Kier molecular flexibility index (Phi) is 4.38. The smallest absolute Gasteiger partial charge is 0.347 e. The number of amides is 1. The fourth-order valence-corrected chi connectivity index (χ4v) is 1.07. The number of aliphatic carboxylic acids is 1. The molecule has 1 aromatic rings. The fraction of sp³-hybridized carbons (Fsp3) is 0.400. The van der Waals surface area contributed by atoms with Gasteiger partial charge in [0.2, 0.25) is 5.91 Å². The minimum absolute atomic E-state index is 0.0309. The maximum atomic E-state index is 11.4. The van der Waals surface area contributed by atoms with E-state index in [0.29, 0.717) is 0 Å². The molecule has 0 aliphatic carbocycles. The number of nitrogens with one attached hydrogen (secondary N) is 1. The molecule has 0 saturated heterocycles. The predicted octanol–water partition coefficient (Wildman–Crippen LogP) is -0.920. The number of hydrogen-bond donors (Lipinski definition) is 2. The summed E-state index contributed by atoms with van der Waals surface area (Å²) in [7, 11) is 0. The van der Waals surface area contributed by atoms with Crippen molar-refractivity contribution >= 4 is 11.9 Å². The number of carboxylic acids is 1. The van der Waals surface area contributed by atoms with Crippen molar-refractivity contribution in [1.82, 2.24) is 14.9 Å². The van der Waals surface area contributed by atoms with Gasteiger partial charge in [-0.25, -0.2) is 9.78 Å². The van der Waals surface area contributed by atoms with Crippen molar-refractivity contribution in [3.8, 4) is 0 Å². The number of hydrogen-bond acceptors (Lipinski definition) is 4. The molecule has 1 rings (SSSR count). The zero-order chi connectivity index (χ0) is 12.8. The lowest BCUT2D eigenvalue weighted by Crippen LogP contribution is -2.36. The molecule has 0 spiro atoms. The van der Waals surface area contributed by atoms with Gasteiger partial charge < -0.3 is 10.4 Å². The summed E-state index contributed by atoms with van der Waals surface area (Å²) in [5.74, 6) is -2.07. The molecule has 0 aromatic carbocycles. The molecule has 7 nitrogen and oxygen atoms in total. The summed E-state index contributed by atoms with van der Waals surface area (Å²) in [6.07, 6.45) is 2.78. The molecule has 0 fully saturated rings. The van der Waals surface area contributed by atoms with Crippen LogP contribution in [0.1, 0.15) is 6.92 Å². The van der Waals surface area contributed by atoms with E-state index in [1.807, 2.05) is 0 Å². The molecule has 2 N–H and O–H groups in total. The molecule has 1 atom stereocenters. The average Bonchev–Trinajstić information content (AvgIpc) is 2.29. The Morgan fingerprint density at radius 1 is 1.59 bits per heavy atom. The Bertz CT molecular complexity index is 469. The first kappa shape index (κ1) is 12.9. The predicted molar refractivity (Wildman–Crippen MR) is 58.3 cm³/mol. The topological polar surface area (TPSA) is 101 Å². The molecule has 1 amide bonds. The minimum atomic E-state index is -0.983. The van der Waals surface area contributed by atoms with Gasteiger partial charge in [0.25, 0.3) is 0 Å². The van der Waals surface area contributed by atoms with Gasteiger partial charge in [-0.05, 0) is 6.07 Å². The molecule has 1 heterocycles. The molecule has 0 saturated carbocycles. The Morgan fingerprint density at radius 3 is 2.88 bits per heavy atom. The van der Waals surface area contributed by atoms with Crippen LogP contribution >= 0.6 is 0 Å². The average molecular weight is 239 g/mol. The van der Waals surface area contributed by atoms with Gasteiger partial charge in [-0.15, -0.1) is 0 Å². The molecule has 92 valence electrons. The lowest BCUT2D eigenvalue weighted by atomic mass is 10.2. The molecule has 0 aliphatic heterocycles. The second-order valence-electron chi connectivity index (χ2n) is 3.57. The molecule has 0 radical (unpaired) electrons. The summed E-state index contributed by atoms with van der Waals surface area (Å²) >= 11 is 0. The van der Waals surface area contributed by atoms with E-state index < -0.39 is 23.5 Å². The SMILES string of the molecule is CC(CNC(=O)Cn1cccnc1=O)C(=O)O. The van der Waals surface area contributed by atoms with Crippen LogP contribution in [-0.4, -0.2) is 33.1 Å². The number of carbonyl (C=O) groups is 2. The van der Waals surface area contributed by atoms with Crippen molar-refractivity contribution in [3.05, 3.63) is 28.9 Å². The van der Waals surface area contributed by atoms with Crippen molar-refractivity contribution in [3.63, 3.8) is 0 Å². The first-order valence-corrected chi connectivity index (χ1v) is 5.01. The van der Waals surface area contributed by atoms with Crippen molar-refractivity contribution < 1.29 is 14.7 Å².